The van der Waals surface area contributed by atoms with Gasteiger partial charge in [-0.1, -0.05) is 44.4 Å². The second kappa shape index (κ2) is 8.56. The number of pyridine rings is 1. The van der Waals surface area contributed by atoms with Crippen molar-refractivity contribution < 1.29 is 0 Å². The van der Waals surface area contributed by atoms with E-state index in [1.54, 1.807) is 18.6 Å². The zero-order chi connectivity index (χ0) is 19.2. The van der Waals surface area contributed by atoms with Gasteiger partial charge in [-0.05, 0) is 30.2 Å². The Kier molecular flexibility index (Phi) is 5.51. The summed E-state index contributed by atoms with van der Waals surface area (Å²) in [6.45, 7) is 3.14. The first-order chi connectivity index (χ1) is 13.9. The second-order valence-electron chi connectivity index (χ2n) is 6.69. The standard InChI is InChI=1S/C21H23N7/c1-2-3-4-7-14-28-18-9-6-5-8-17(18)19-20(28)24-21(27-25-19)26-23-15-16-10-12-22-13-11-16/h5-6,8-13,15H,2-4,7,14H2,1H3,(H,24,26,27)/b23-15+. The smallest absolute Gasteiger partial charge is 0.265 e. The Morgan fingerprint density at radius 1 is 1.04 bits per heavy atom. The Labute approximate surface area is 163 Å². The summed E-state index contributed by atoms with van der Waals surface area (Å²) in [5.74, 6) is 0.385. The van der Waals surface area contributed by atoms with Crippen molar-refractivity contribution >= 4 is 34.2 Å². The van der Waals surface area contributed by atoms with Crippen molar-refractivity contribution in [2.45, 2.75) is 39.2 Å². The van der Waals surface area contributed by atoms with Crippen molar-refractivity contribution in [3.05, 3.63) is 54.4 Å². The number of nitrogens with zero attached hydrogens (tertiary/aromatic N) is 6. The number of aryl methyl sites for hydroxylation is 1. The molecule has 0 aliphatic rings. The summed E-state index contributed by atoms with van der Waals surface area (Å²) in [5.41, 5.74) is 6.65. The lowest BCUT2D eigenvalue weighted by Crippen LogP contribution is -2.03. The molecule has 0 saturated heterocycles. The maximum absolute atomic E-state index is 4.69. The maximum Gasteiger partial charge on any atom is 0.265 e. The fraction of sp³-hybridized carbons (Fsp3) is 0.286. The largest absolute Gasteiger partial charge is 0.324 e. The lowest BCUT2D eigenvalue weighted by molar-refractivity contribution is 0.600. The van der Waals surface area contributed by atoms with Gasteiger partial charge in [-0.25, -0.2) is 5.43 Å². The van der Waals surface area contributed by atoms with Gasteiger partial charge in [-0.2, -0.15) is 10.1 Å². The predicted octanol–water partition coefficient (Wildman–Crippen LogP) is 4.40. The van der Waals surface area contributed by atoms with Gasteiger partial charge in [-0.15, -0.1) is 10.2 Å². The summed E-state index contributed by atoms with van der Waals surface area (Å²) in [5, 5.41) is 13.9. The number of aromatic nitrogens is 5. The van der Waals surface area contributed by atoms with E-state index in [4.69, 9.17) is 4.98 Å². The van der Waals surface area contributed by atoms with E-state index in [0.29, 0.717) is 5.95 Å². The van der Waals surface area contributed by atoms with Crippen LogP contribution in [-0.4, -0.2) is 30.9 Å². The van der Waals surface area contributed by atoms with Gasteiger partial charge in [0.25, 0.3) is 5.95 Å². The monoisotopic (exact) mass is 373 g/mol. The zero-order valence-electron chi connectivity index (χ0n) is 15.9. The second-order valence-corrected chi connectivity index (χ2v) is 6.69. The third-order valence-electron chi connectivity index (χ3n) is 4.69. The summed E-state index contributed by atoms with van der Waals surface area (Å²) in [6, 6.07) is 12.0. The Morgan fingerprint density at radius 3 is 2.75 bits per heavy atom. The van der Waals surface area contributed by atoms with Gasteiger partial charge in [0.05, 0.1) is 11.7 Å². The Balaban J connectivity index is 1.63. The summed E-state index contributed by atoms with van der Waals surface area (Å²) in [4.78, 5) is 8.69. The van der Waals surface area contributed by atoms with E-state index in [9.17, 15) is 0 Å². The first-order valence-electron chi connectivity index (χ1n) is 9.67. The average Bonchev–Trinajstić information content (AvgIpc) is 3.05. The minimum Gasteiger partial charge on any atom is -0.324 e. The molecule has 0 spiro atoms. The van der Waals surface area contributed by atoms with Crippen LogP contribution in [0, 0.1) is 0 Å². The Hall–Kier alpha value is -3.35. The highest BCUT2D eigenvalue weighted by Crippen LogP contribution is 2.26. The van der Waals surface area contributed by atoms with Crippen LogP contribution < -0.4 is 5.43 Å². The molecule has 4 rings (SSSR count). The molecular formula is C21H23N7. The van der Waals surface area contributed by atoms with Crippen molar-refractivity contribution in [2.75, 3.05) is 5.43 Å². The number of rotatable bonds is 8. The van der Waals surface area contributed by atoms with Gasteiger partial charge in [0.15, 0.2) is 5.65 Å². The van der Waals surface area contributed by atoms with Crippen LogP contribution in [0.1, 0.15) is 38.2 Å². The van der Waals surface area contributed by atoms with Crippen LogP contribution in [0.4, 0.5) is 5.95 Å². The number of hydrogen-bond acceptors (Lipinski definition) is 6. The molecule has 0 saturated carbocycles. The highest BCUT2D eigenvalue weighted by atomic mass is 15.4. The lowest BCUT2D eigenvalue weighted by atomic mass is 10.2. The molecule has 0 radical (unpaired) electrons. The van der Waals surface area contributed by atoms with Gasteiger partial charge in [0.2, 0.25) is 0 Å². The molecule has 0 aliphatic carbocycles. The van der Waals surface area contributed by atoms with Crippen molar-refractivity contribution in [1.29, 1.82) is 0 Å². The van der Waals surface area contributed by atoms with Crippen molar-refractivity contribution in [1.82, 2.24) is 24.7 Å². The number of para-hydroxylation sites is 1. The van der Waals surface area contributed by atoms with E-state index >= 15 is 0 Å². The normalized spacial score (nSPS) is 11.6. The zero-order valence-corrected chi connectivity index (χ0v) is 15.9. The number of hydrazone groups is 1. The molecule has 142 valence electrons. The number of hydrogen-bond donors (Lipinski definition) is 1. The van der Waals surface area contributed by atoms with Crippen LogP contribution in [-0.2, 0) is 6.54 Å². The molecule has 0 amide bonds. The third kappa shape index (κ3) is 3.83. The summed E-state index contributed by atoms with van der Waals surface area (Å²) in [6.07, 6.45) is 9.96. The number of nitrogens with one attached hydrogen (secondary N) is 1. The third-order valence-corrected chi connectivity index (χ3v) is 4.69. The van der Waals surface area contributed by atoms with E-state index in [2.05, 4.69) is 55.4 Å². The molecule has 3 aromatic heterocycles. The van der Waals surface area contributed by atoms with E-state index in [0.717, 1.165) is 40.6 Å². The molecule has 0 unspecified atom stereocenters. The first-order valence-corrected chi connectivity index (χ1v) is 9.67. The predicted molar refractivity (Wildman–Crippen MR) is 112 cm³/mol. The van der Waals surface area contributed by atoms with Crippen molar-refractivity contribution in [3.63, 3.8) is 0 Å². The molecule has 28 heavy (non-hydrogen) atoms. The summed E-state index contributed by atoms with van der Waals surface area (Å²) < 4.78 is 2.24. The fourth-order valence-corrected chi connectivity index (χ4v) is 3.29. The quantitative estimate of drug-likeness (QED) is 0.281. The molecule has 0 bridgehead atoms. The van der Waals surface area contributed by atoms with Crippen molar-refractivity contribution in [2.24, 2.45) is 5.10 Å². The summed E-state index contributed by atoms with van der Waals surface area (Å²) >= 11 is 0. The molecule has 1 aromatic carbocycles. The van der Waals surface area contributed by atoms with Crippen LogP contribution in [0.5, 0.6) is 0 Å². The molecule has 0 atom stereocenters. The van der Waals surface area contributed by atoms with E-state index in [1.165, 1.54) is 19.3 Å². The number of anilines is 1. The lowest BCUT2D eigenvalue weighted by Gasteiger charge is -2.06. The van der Waals surface area contributed by atoms with Gasteiger partial charge < -0.3 is 4.57 Å². The molecule has 7 nitrogen and oxygen atoms in total. The SMILES string of the molecule is CCCCCCn1c2ccccc2c2nnc(N/N=C/c3ccncc3)nc21. The first kappa shape index (κ1) is 18.0. The minimum atomic E-state index is 0.385. The van der Waals surface area contributed by atoms with Crippen LogP contribution in [0.2, 0.25) is 0 Å². The number of benzene rings is 1. The van der Waals surface area contributed by atoms with Crippen molar-refractivity contribution in [3.8, 4) is 0 Å². The molecule has 1 N–H and O–H groups in total. The van der Waals surface area contributed by atoms with Crippen LogP contribution in [0.15, 0.2) is 53.9 Å². The van der Waals surface area contributed by atoms with Gasteiger partial charge >= 0.3 is 0 Å². The van der Waals surface area contributed by atoms with E-state index < -0.39 is 0 Å². The molecule has 3 heterocycles. The Morgan fingerprint density at radius 2 is 1.89 bits per heavy atom. The molecule has 7 heteroatoms. The van der Waals surface area contributed by atoms with Crippen LogP contribution >= 0.6 is 0 Å². The molecular weight excluding hydrogens is 350 g/mol. The maximum atomic E-state index is 4.69. The topological polar surface area (TPSA) is 80.9 Å². The minimum absolute atomic E-state index is 0.385. The van der Waals surface area contributed by atoms with Gasteiger partial charge in [0.1, 0.15) is 5.52 Å². The average molecular weight is 373 g/mol. The van der Waals surface area contributed by atoms with E-state index in [-0.39, 0.29) is 0 Å². The fourth-order valence-electron chi connectivity index (χ4n) is 3.29. The van der Waals surface area contributed by atoms with Gasteiger partial charge in [0, 0.05) is 24.3 Å². The van der Waals surface area contributed by atoms with Gasteiger partial charge in [-0.3, -0.25) is 4.98 Å². The van der Waals surface area contributed by atoms with Crippen LogP contribution in [0.3, 0.4) is 0 Å². The molecule has 0 aliphatic heterocycles. The highest BCUT2D eigenvalue weighted by molar-refractivity contribution is 6.04. The van der Waals surface area contributed by atoms with Crippen LogP contribution in [0.25, 0.3) is 22.1 Å². The summed E-state index contributed by atoms with van der Waals surface area (Å²) in [7, 11) is 0. The van der Waals surface area contributed by atoms with E-state index in [1.807, 2.05) is 18.2 Å². The molecule has 0 fully saturated rings. The number of fused-ring (bicyclic) bond motifs is 3. The Bertz CT molecular complexity index is 1090. The number of unbranched alkanes of at least 4 members (excludes halogenated alkanes) is 3. The molecule has 4 aromatic rings. The highest BCUT2D eigenvalue weighted by Gasteiger charge is 2.14.